The smallest absolute Gasteiger partial charge is 0.201 e. The fourth-order valence-corrected chi connectivity index (χ4v) is 2.81. The third kappa shape index (κ3) is 11.1. The highest BCUT2D eigenvalue weighted by atomic mass is 16.5. The lowest BCUT2D eigenvalue weighted by Gasteiger charge is -2.15. The Morgan fingerprint density at radius 2 is 1.52 bits per heavy atom. The number of hydrogen-bond acceptors (Lipinski definition) is 2. The van der Waals surface area contributed by atoms with Crippen LogP contribution in [0.2, 0.25) is 0 Å². The molecule has 1 unspecified atom stereocenters. The van der Waals surface area contributed by atoms with Gasteiger partial charge in [0.15, 0.2) is 0 Å². The molecule has 0 fully saturated rings. The second-order valence-electron chi connectivity index (χ2n) is 6.38. The van der Waals surface area contributed by atoms with E-state index < -0.39 is 0 Å². The molecule has 0 amide bonds. The Labute approximate surface area is 142 Å². The molecule has 2 nitrogen and oxygen atoms in total. The van der Waals surface area contributed by atoms with Crippen LogP contribution in [0.25, 0.3) is 0 Å². The molecule has 0 saturated heterocycles. The number of ether oxygens (including phenoxy) is 1. The normalized spacial score (nSPS) is 12.2. The zero-order chi connectivity index (χ0) is 16.6. The zero-order valence-corrected chi connectivity index (χ0v) is 14.8. The Balaban J connectivity index is 2.05. The van der Waals surface area contributed by atoms with Crippen LogP contribution >= 0.6 is 0 Å². The summed E-state index contributed by atoms with van der Waals surface area (Å²) in [5.74, 6) is 0. The summed E-state index contributed by atoms with van der Waals surface area (Å²) in [5, 5.41) is 0. The molecule has 129 valence electrons. The zero-order valence-electron chi connectivity index (χ0n) is 14.8. The van der Waals surface area contributed by atoms with Crippen molar-refractivity contribution >= 4 is 6.29 Å². The molecule has 0 heterocycles. The summed E-state index contributed by atoms with van der Waals surface area (Å²) >= 11 is 0. The van der Waals surface area contributed by atoms with Crippen LogP contribution in [0, 0.1) is 0 Å². The molecular weight excluding hydrogens is 284 g/mol. The van der Waals surface area contributed by atoms with Crippen LogP contribution in [0.15, 0.2) is 30.3 Å². The van der Waals surface area contributed by atoms with E-state index in [1.54, 1.807) is 0 Å². The van der Waals surface area contributed by atoms with Crippen LogP contribution < -0.4 is 0 Å². The van der Waals surface area contributed by atoms with Crippen molar-refractivity contribution < 1.29 is 9.53 Å². The summed E-state index contributed by atoms with van der Waals surface area (Å²) in [6.07, 6.45) is 15.3. The molecule has 23 heavy (non-hydrogen) atoms. The van der Waals surface area contributed by atoms with Crippen molar-refractivity contribution in [3.05, 3.63) is 35.9 Å². The Morgan fingerprint density at radius 1 is 0.913 bits per heavy atom. The van der Waals surface area contributed by atoms with Crippen LogP contribution in [0.4, 0.5) is 0 Å². The van der Waals surface area contributed by atoms with Crippen molar-refractivity contribution in [2.24, 2.45) is 0 Å². The molecule has 0 aromatic heterocycles. The maximum Gasteiger partial charge on any atom is 0.201 e. The first-order chi connectivity index (χ1) is 11.4. The van der Waals surface area contributed by atoms with E-state index in [4.69, 9.17) is 4.74 Å². The van der Waals surface area contributed by atoms with Gasteiger partial charge < -0.3 is 4.74 Å². The van der Waals surface area contributed by atoms with Gasteiger partial charge in [-0.25, -0.2) is 0 Å². The first kappa shape index (κ1) is 19.9. The molecule has 0 spiro atoms. The minimum atomic E-state index is 0.0252. The second-order valence-corrected chi connectivity index (χ2v) is 6.38. The fourth-order valence-electron chi connectivity index (χ4n) is 2.81. The van der Waals surface area contributed by atoms with Gasteiger partial charge in [0.25, 0.3) is 0 Å². The maximum absolute atomic E-state index is 10.7. The van der Waals surface area contributed by atoms with Gasteiger partial charge in [0.1, 0.15) is 0 Å². The van der Waals surface area contributed by atoms with Gasteiger partial charge >= 0.3 is 0 Å². The largest absolute Gasteiger partial charge is 0.373 e. The monoisotopic (exact) mass is 317 g/mol. The van der Waals surface area contributed by atoms with Crippen molar-refractivity contribution in [1.29, 1.82) is 0 Å². The summed E-state index contributed by atoms with van der Waals surface area (Å²) in [7, 11) is 0. The second kappa shape index (κ2) is 14.4. The van der Waals surface area contributed by atoms with Crippen LogP contribution in [0.1, 0.15) is 83.1 Å². The van der Waals surface area contributed by atoms with E-state index in [9.17, 15) is 4.79 Å². The maximum atomic E-state index is 10.7. The van der Waals surface area contributed by atoms with Gasteiger partial charge in [-0.1, -0.05) is 95.0 Å². The molecule has 1 aromatic rings. The molecule has 1 aromatic carbocycles. The molecule has 0 aliphatic rings. The molecule has 0 bridgehead atoms. The fraction of sp³-hybridized carbons (Fsp3) is 0.667. The molecule has 0 saturated carbocycles. The van der Waals surface area contributed by atoms with Crippen LogP contribution in [0.5, 0.6) is 0 Å². The van der Waals surface area contributed by atoms with E-state index in [1.807, 2.05) is 24.5 Å². The van der Waals surface area contributed by atoms with Crippen molar-refractivity contribution in [2.45, 2.75) is 90.3 Å². The first-order valence-electron chi connectivity index (χ1n) is 9.37. The van der Waals surface area contributed by atoms with Crippen LogP contribution in [-0.4, -0.2) is 12.4 Å². The Morgan fingerprint density at radius 3 is 2.13 bits per heavy atom. The van der Waals surface area contributed by atoms with Gasteiger partial charge in [-0.3, -0.25) is 4.79 Å². The van der Waals surface area contributed by atoms with Gasteiger partial charge in [0, 0.05) is 6.42 Å². The quantitative estimate of drug-likeness (QED) is 0.371. The Kier molecular flexibility index (Phi) is 12.5. The highest BCUT2D eigenvalue weighted by Crippen LogP contribution is 2.15. The van der Waals surface area contributed by atoms with Gasteiger partial charge in [0.2, 0.25) is 6.29 Å². The van der Waals surface area contributed by atoms with Crippen LogP contribution in [0.3, 0.4) is 0 Å². The number of hydrogen-bond donors (Lipinski definition) is 0. The van der Waals surface area contributed by atoms with E-state index in [-0.39, 0.29) is 6.10 Å². The highest BCUT2D eigenvalue weighted by molar-refractivity contribution is 5.51. The minimum Gasteiger partial charge on any atom is -0.373 e. The molecule has 0 N–H and O–H groups in total. The predicted molar refractivity (Wildman–Crippen MR) is 97.2 cm³/mol. The van der Waals surface area contributed by atoms with Crippen molar-refractivity contribution in [1.82, 2.24) is 0 Å². The molecule has 1 rings (SSSR count). The summed E-state index contributed by atoms with van der Waals surface area (Å²) in [6, 6.07) is 10.1. The van der Waals surface area contributed by atoms with Gasteiger partial charge in [0.05, 0.1) is 12.7 Å². The third-order valence-electron chi connectivity index (χ3n) is 4.27. The molecule has 0 aliphatic carbocycles. The van der Waals surface area contributed by atoms with E-state index in [2.05, 4.69) is 19.1 Å². The number of carbonyl (C=O) groups excluding carboxylic acids is 1. The van der Waals surface area contributed by atoms with Crippen molar-refractivity contribution in [2.75, 3.05) is 0 Å². The number of rotatable bonds is 15. The predicted octanol–water partition coefficient (Wildman–Crippen LogP) is 5.99. The van der Waals surface area contributed by atoms with Gasteiger partial charge in [-0.2, -0.15) is 0 Å². The standard InChI is InChI=1S/C21H33O2/c1-2-3-4-5-6-7-8-9-13-16-21(17-18-22)23-19-20-14-11-10-12-15-20/h10-12,14-15,21H,2-9,13,16-17,19H2,1H3. The molecular formula is C21H33O2. The Bertz CT molecular complexity index is 375. The van der Waals surface area contributed by atoms with Crippen molar-refractivity contribution in [3.8, 4) is 0 Å². The number of unbranched alkanes of at least 4 members (excludes halogenated alkanes) is 8. The topological polar surface area (TPSA) is 26.3 Å². The van der Waals surface area contributed by atoms with Gasteiger partial charge in [-0.05, 0) is 12.0 Å². The van der Waals surface area contributed by atoms with E-state index in [0.717, 1.165) is 18.4 Å². The van der Waals surface area contributed by atoms with E-state index in [0.29, 0.717) is 13.0 Å². The lowest BCUT2D eigenvalue weighted by atomic mass is 10.0. The summed E-state index contributed by atoms with van der Waals surface area (Å²) in [6.45, 7) is 2.84. The minimum absolute atomic E-state index is 0.0252. The summed E-state index contributed by atoms with van der Waals surface area (Å²) in [5.41, 5.74) is 1.16. The van der Waals surface area contributed by atoms with E-state index in [1.165, 1.54) is 51.4 Å². The Hall–Kier alpha value is -1.15. The summed E-state index contributed by atoms with van der Waals surface area (Å²) in [4.78, 5) is 10.7. The highest BCUT2D eigenvalue weighted by Gasteiger charge is 2.09. The SMILES string of the molecule is CCCCCCCCCCCC(C[C]=O)OCc1ccccc1. The van der Waals surface area contributed by atoms with Gasteiger partial charge in [-0.15, -0.1) is 0 Å². The van der Waals surface area contributed by atoms with E-state index >= 15 is 0 Å². The molecule has 1 atom stereocenters. The van der Waals surface area contributed by atoms with Crippen molar-refractivity contribution in [3.63, 3.8) is 0 Å². The average molecular weight is 317 g/mol. The lowest BCUT2D eigenvalue weighted by Crippen LogP contribution is -2.13. The molecule has 0 aliphatic heterocycles. The molecule has 2 heteroatoms. The number of benzene rings is 1. The van der Waals surface area contributed by atoms with Crippen LogP contribution in [-0.2, 0) is 16.1 Å². The third-order valence-corrected chi connectivity index (χ3v) is 4.27. The lowest BCUT2D eigenvalue weighted by molar-refractivity contribution is 0.0378. The molecule has 1 radical (unpaired) electrons. The average Bonchev–Trinajstić information content (AvgIpc) is 2.59. The first-order valence-corrected chi connectivity index (χ1v) is 9.37. The summed E-state index contributed by atoms with van der Waals surface area (Å²) < 4.78 is 5.88.